The Labute approximate surface area is 111 Å². The van der Waals surface area contributed by atoms with Crippen LogP contribution >= 0.6 is 0 Å². The van der Waals surface area contributed by atoms with Crippen molar-refractivity contribution < 1.29 is 4.74 Å². The highest BCUT2D eigenvalue weighted by atomic mass is 16.5. The van der Waals surface area contributed by atoms with E-state index in [2.05, 4.69) is 28.7 Å². The van der Waals surface area contributed by atoms with Crippen LogP contribution < -0.4 is 5.32 Å². The number of ether oxygens (including phenoxy) is 1. The third-order valence-corrected chi connectivity index (χ3v) is 2.84. The number of aryl methyl sites for hydroxylation is 1. The molecule has 0 atom stereocenters. The number of imidazole rings is 1. The van der Waals surface area contributed by atoms with Crippen molar-refractivity contribution in [3.8, 4) is 0 Å². The van der Waals surface area contributed by atoms with E-state index in [1.165, 1.54) is 12.8 Å². The molecule has 0 aromatic carbocycles. The normalized spacial score (nSPS) is 11.3. The lowest BCUT2D eigenvalue weighted by molar-refractivity contribution is 0.125. The predicted molar refractivity (Wildman–Crippen MR) is 74.6 cm³/mol. The van der Waals surface area contributed by atoms with E-state index in [9.17, 15) is 0 Å². The maximum atomic E-state index is 5.54. The summed E-state index contributed by atoms with van der Waals surface area (Å²) in [4.78, 5) is 4.02. The van der Waals surface area contributed by atoms with Gasteiger partial charge in [0.05, 0.1) is 12.9 Å². The van der Waals surface area contributed by atoms with E-state index in [0.29, 0.717) is 0 Å². The molecule has 0 radical (unpaired) electrons. The SMILES string of the molecule is CC(C)CCOCCNCCCCn1ccnc1. The summed E-state index contributed by atoms with van der Waals surface area (Å²) >= 11 is 0. The molecule has 18 heavy (non-hydrogen) atoms. The second-order valence-corrected chi connectivity index (χ2v) is 5.05. The van der Waals surface area contributed by atoms with Crippen LogP contribution in [0.2, 0.25) is 0 Å². The van der Waals surface area contributed by atoms with Crippen LogP contribution in [0.3, 0.4) is 0 Å². The largest absolute Gasteiger partial charge is 0.380 e. The van der Waals surface area contributed by atoms with E-state index in [1.807, 2.05) is 18.7 Å². The molecule has 4 heteroatoms. The Bertz CT molecular complexity index is 273. The first-order valence-corrected chi connectivity index (χ1v) is 7.03. The first kappa shape index (κ1) is 15.2. The van der Waals surface area contributed by atoms with Crippen molar-refractivity contribution >= 4 is 0 Å². The highest BCUT2D eigenvalue weighted by Crippen LogP contribution is 1.98. The van der Waals surface area contributed by atoms with Crippen molar-refractivity contribution in [2.45, 2.75) is 39.7 Å². The van der Waals surface area contributed by atoms with Gasteiger partial charge in [0.2, 0.25) is 0 Å². The lowest BCUT2D eigenvalue weighted by Gasteiger charge is -2.07. The summed E-state index contributed by atoms with van der Waals surface area (Å²) in [6.45, 7) is 9.26. The molecule has 0 bridgehead atoms. The zero-order valence-corrected chi connectivity index (χ0v) is 11.8. The smallest absolute Gasteiger partial charge is 0.0945 e. The van der Waals surface area contributed by atoms with Gasteiger partial charge in [0.15, 0.2) is 0 Å². The molecule has 1 aromatic heterocycles. The maximum absolute atomic E-state index is 5.54. The summed E-state index contributed by atoms with van der Waals surface area (Å²) in [7, 11) is 0. The third-order valence-electron chi connectivity index (χ3n) is 2.84. The van der Waals surface area contributed by atoms with Crippen molar-refractivity contribution in [3.63, 3.8) is 0 Å². The highest BCUT2D eigenvalue weighted by Gasteiger charge is 1.94. The Hall–Kier alpha value is -0.870. The van der Waals surface area contributed by atoms with Crippen molar-refractivity contribution in [2.75, 3.05) is 26.3 Å². The Morgan fingerprint density at radius 3 is 2.83 bits per heavy atom. The minimum Gasteiger partial charge on any atom is -0.380 e. The van der Waals surface area contributed by atoms with Gasteiger partial charge < -0.3 is 14.6 Å². The first-order valence-electron chi connectivity index (χ1n) is 7.03. The maximum Gasteiger partial charge on any atom is 0.0945 e. The predicted octanol–water partition coefficient (Wildman–Crippen LogP) is 2.32. The summed E-state index contributed by atoms with van der Waals surface area (Å²) in [5, 5.41) is 3.40. The van der Waals surface area contributed by atoms with E-state index < -0.39 is 0 Å². The zero-order chi connectivity index (χ0) is 13.1. The highest BCUT2D eigenvalue weighted by molar-refractivity contribution is 4.73. The van der Waals surface area contributed by atoms with E-state index >= 15 is 0 Å². The van der Waals surface area contributed by atoms with Gasteiger partial charge in [-0.15, -0.1) is 0 Å². The van der Waals surface area contributed by atoms with Gasteiger partial charge in [0.1, 0.15) is 0 Å². The van der Waals surface area contributed by atoms with E-state index in [-0.39, 0.29) is 0 Å². The second kappa shape index (κ2) is 10.1. The monoisotopic (exact) mass is 253 g/mol. The van der Waals surface area contributed by atoms with Crippen molar-refractivity contribution in [3.05, 3.63) is 18.7 Å². The number of hydrogen-bond donors (Lipinski definition) is 1. The van der Waals surface area contributed by atoms with Crippen LogP contribution in [0.4, 0.5) is 0 Å². The van der Waals surface area contributed by atoms with E-state index in [4.69, 9.17) is 4.74 Å². The quantitative estimate of drug-likeness (QED) is 0.615. The molecule has 0 fully saturated rings. The Balaban J connectivity index is 1.76. The first-order chi connectivity index (χ1) is 8.79. The summed E-state index contributed by atoms with van der Waals surface area (Å²) in [6.07, 6.45) is 9.26. The summed E-state index contributed by atoms with van der Waals surface area (Å²) < 4.78 is 7.66. The molecule has 0 aliphatic heterocycles. The third kappa shape index (κ3) is 8.25. The average Bonchev–Trinajstić information content (AvgIpc) is 2.84. The lowest BCUT2D eigenvalue weighted by atomic mass is 10.1. The molecule has 1 N–H and O–H groups in total. The molecule has 0 amide bonds. The Morgan fingerprint density at radius 2 is 2.11 bits per heavy atom. The minimum atomic E-state index is 0.737. The fourth-order valence-corrected chi connectivity index (χ4v) is 1.65. The number of nitrogens with one attached hydrogen (secondary N) is 1. The fraction of sp³-hybridized carbons (Fsp3) is 0.786. The summed E-state index contributed by atoms with van der Waals surface area (Å²) in [5.41, 5.74) is 0. The number of hydrogen-bond acceptors (Lipinski definition) is 3. The van der Waals surface area contributed by atoms with E-state index in [1.54, 1.807) is 0 Å². The second-order valence-electron chi connectivity index (χ2n) is 5.05. The lowest BCUT2D eigenvalue weighted by Crippen LogP contribution is -2.21. The molecular weight excluding hydrogens is 226 g/mol. The van der Waals surface area contributed by atoms with Crippen LogP contribution in [-0.4, -0.2) is 35.9 Å². The van der Waals surface area contributed by atoms with Gasteiger partial charge in [0.25, 0.3) is 0 Å². The average molecular weight is 253 g/mol. The van der Waals surface area contributed by atoms with Gasteiger partial charge in [-0.3, -0.25) is 0 Å². The Morgan fingerprint density at radius 1 is 1.22 bits per heavy atom. The number of rotatable bonds is 11. The molecule has 0 unspecified atom stereocenters. The standard InChI is InChI=1S/C14H27N3O/c1-14(2)5-11-18-12-8-15-6-3-4-9-17-10-7-16-13-17/h7,10,13-15H,3-6,8-9,11-12H2,1-2H3. The number of aromatic nitrogens is 2. The van der Waals surface area contributed by atoms with Gasteiger partial charge in [-0.1, -0.05) is 13.8 Å². The number of nitrogens with zero attached hydrogens (tertiary/aromatic N) is 2. The molecule has 104 valence electrons. The fourth-order valence-electron chi connectivity index (χ4n) is 1.65. The molecule has 0 aliphatic carbocycles. The number of unbranched alkanes of at least 4 members (excludes halogenated alkanes) is 1. The molecule has 0 spiro atoms. The van der Waals surface area contributed by atoms with Gasteiger partial charge in [-0.25, -0.2) is 4.98 Å². The van der Waals surface area contributed by atoms with Crippen molar-refractivity contribution in [1.82, 2.24) is 14.9 Å². The van der Waals surface area contributed by atoms with Crippen LogP contribution in [-0.2, 0) is 11.3 Å². The molecule has 1 aromatic rings. The van der Waals surface area contributed by atoms with Gasteiger partial charge in [-0.05, 0) is 31.7 Å². The van der Waals surface area contributed by atoms with Gasteiger partial charge in [-0.2, -0.15) is 0 Å². The van der Waals surface area contributed by atoms with Crippen LogP contribution in [0.1, 0.15) is 33.1 Å². The Kier molecular flexibility index (Phi) is 8.51. The van der Waals surface area contributed by atoms with Crippen molar-refractivity contribution in [1.29, 1.82) is 0 Å². The van der Waals surface area contributed by atoms with E-state index in [0.717, 1.165) is 45.2 Å². The van der Waals surface area contributed by atoms with Crippen LogP contribution in [0, 0.1) is 5.92 Å². The zero-order valence-electron chi connectivity index (χ0n) is 11.8. The van der Waals surface area contributed by atoms with Gasteiger partial charge >= 0.3 is 0 Å². The van der Waals surface area contributed by atoms with Crippen LogP contribution in [0.25, 0.3) is 0 Å². The summed E-state index contributed by atoms with van der Waals surface area (Å²) in [5.74, 6) is 0.737. The minimum absolute atomic E-state index is 0.737. The molecule has 1 rings (SSSR count). The van der Waals surface area contributed by atoms with Crippen LogP contribution in [0.15, 0.2) is 18.7 Å². The molecular formula is C14H27N3O. The molecule has 0 aliphatic rings. The summed E-state index contributed by atoms with van der Waals surface area (Å²) in [6, 6.07) is 0. The molecule has 1 heterocycles. The molecule has 0 saturated carbocycles. The topological polar surface area (TPSA) is 39.1 Å². The van der Waals surface area contributed by atoms with Crippen LogP contribution in [0.5, 0.6) is 0 Å². The molecule has 0 saturated heterocycles. The van der Waals surface area contributed by atoms with Crippen molar-refractivity contribution in [2.24, 2.45) is 5.92 Å². The van der Waals surface area contributed by atoms with Gasteiger partial charge in [0, 0.05) is 32.1 Å². The molecule has 4 nitrogen and oxygen atoms in total.